The van der Waals surface area contributed by atoms with Crippen molar-refractivity contribution in [3.8, 4) is 0 Å². The van der Waals surface area contributed by atoms with Crippen LogP contribution in [0.25, 0.3) is 0 Å². The molecule has 0 aliphatic heterocycles. The third kappa shape index (κ3) is 13.7. The van der Waals surface area contributed by atoms with Gasteiger partial charge in [-0.2, -0.15) is 0 Å². The normalized spacial score (nSPS) is 17.1. The Morgan fingerprint density at radius 1 is 1.15 bits per heavy atom. The molecule has 0 fully saturated rings. The summed E-state index contributed by atoms with van der Waals surface area (Å²) < 4.78 is 27.8. The van der Waals surface area contributed by atoms with Crippen LogP contribution in [0.15, 0.2) is 0 Å². The van der Waals surface area contributed by atoms with Crippen molar-refractivity contribution in [1.82, 2.24) is 0 Å². The molecular formula is C5H13NaO12P2. The Bertz CT molecular complexity index is 374. The molecule has 15 heteroatoms. The Kier molecular flexibility index (Phi) is 13.5. The van der Waals surface area contributed by atoms with Crippen molar-refractivity contribution in [3.63, 3.8) is 0 Å². The summed E-state index contributed by atoms with van der Waals surface area (Å²) in [5.41, 5.74) is 0. The van der Waals surface area contributed by atoms with Crippen molar-refractivity contribution in [1.29, 1.82) is 0 Å². The predicted molar refractivity (Wildman–Crippen MR) is 54.4 cm³/mol. The third-order valence-corrected chi connectivity index (χ3v) is 2.42. The van der Waals surface area contributed by atoms with Crippen molar-refractivity contribution >= 4 is 21.4 Å². The Morgan fingerprint density at radius 2 is 1.60 bits per heavy atom. The fourth-order valence-electron chi connectivity index (χ4n) is 0.710. The Hall–Kier alpha value is 0.770. The minimum atomic E-state index is -5.15. The van der Waals surface area contributed by atoms with E-state index in [1.807, 2.05) is 0 Å². The van der Waals surface area contributed by atoms with Crippen molar-refractivity contribution in [2.24, 2.45) is 0 Å². The number of aliphatic hydroxyl groups excluding tert-OH is 2. The number of hydrogen-bond donors (Lipinski definition) is 5. The first kappa shape index (κ1) is 25.7. The van der Waals surface area contributed by atoms with Crippen LogP contribution < -0.4 is 34.5 Å². The van der Waals surface area contributed by atoms with Gasteiger partial charge in [-0.05, 0) is 0 Å². The van der Waals surface area contributed by atoms with E-state index >= 15 is 0 Å². The summed E-state index contributed by atoms with van der Waals surface area (Å²) in [6.45, 7) is -2.31. The van der Waals surface area contributed by atoms with Crippen molar-refractivity contribution in [2.45, 2.75) is 12.2 Å². The van der Waals surface area contributed by atoms with E-state index in [-0.39, 0.29) is 35.0 Å². The Morgan fingerprint density at radius 3 is 1.95 bits per heavy atom. The van der Waals surface area contributed by atoms with Crippen LogP contribution in [-0.2, 0) is 23.0 Å². The summed E-state index contributed by atoms with van der Waals surface area (Å²) >= 11 is 0. The van der Waals surface area contributed by atoms with E-state index in [9.17, 15) is 18.8 Å². The monoisotopic (exact) mass is 350 g/mol. The van der Waals surface area contributed by atoms with Gasteiger partial charge in [0.15, 0.2) is 5.78 Å². The number of phosphoric acid groups is 2. The van der Waals surface area contributed by atoms with Crippen molar-refractivity contribution in [3.05, 3.63) is 0 Å². The van der Waals surface area contributed by atoms with Crippen LogP contribution in [0, 0.1) is 0 Å². The predicted octanol–water partition coefficient (Wildman–Crippen LogP) is -6.96. The standard InChI is InChI=1S/C5H12O11P2.Na.H2O/c6-3(1-15-17(9,10)11)5(8)4(7)2-16-18(12,13)14;;/h3,5-6,8H,1-2H2,(H2,9,10,11)(H2,12,13,14);;1H2/q;+1;/p-1/t3-,5-;;/m1../s1. The van der Waals surface area contributed by atoms with Gasteiger partial charge in [-0.3, -0.25) is 13.9 Å². The van der Waals surface area contributed by atoms with Gasteiger partial charge in [0, 0.05) is 0 Å². The van der Waals surface area contributed by atoms with Gasteiger partial charge in [-0.1, -0.05) is 0 Å². The maximum Gasteiger partial charge on any atom is 1.00 e. The zero-order valence-corrected chi connectivity index (χ0v) is 13.9. The summed E-state index contributed by atoms with van der Waals surface area (Å²) in [7, 11) is -10.0. The van der Waals surface area contributed by atoms with E-state index in [1.54, 1.807) is 0 Å². The van der Waals surface area contributed by atoms with Crippen molar-refractivity contribution < 1.29 is 87.8 Å². The van der Waals surface area contributed by atoms with Crippen LogP contribution in [0.4, 0.5) is 0 Å². The minimum absolute atomic E-state index is 0. The summed E-state index contributed by atoms with van der Waals surface area (Å²) in [5.74, 6) is -1.33. The second kappa shape index (κ2) is 10.5. The van der Waals surface area contributed by atoms with Crippen LogP contribution >= 0.6 is 15.6 Å². The molecule has 0 amide bonds. The molecule has 3 atom stereocenters. The van der Waals surface area contributed by atoms with E-state index in [0.717, 1.165) is 0 Å². The summed E-state index contributed by atoms with van der Waals surface area (Å²) in [6, 6.07) is 0. The maximum absolute atomic E-state index is 11.0. The third-order valence-electron chi connectivity index (χ3n) is 1.48. The molecular weight excluding hydrogens is 337 g/mol. The summed E-state index contributed by atoms with van der Waals surface area (Å²) in [6.07, 6.45) is -4.19. The molecule has 0 aromatic rings. The van der Waals surface area contributed by atoms with E-state index in [4.69, 9.17) is 24.9 Å². The van der Waals surface area contributed by atoms with Gasteiger partial charge in [-0.25, -0.2) is 4.57 Å². The molecule has 0 heterocycles. The molecule has 0 aliphatic carbocycles. The van der Waals surface area contributed by atoms with Crippen LogP contribution in [0.5, 0.6) is 0 Å². The molecule has 0 spiro atoms. The molecule has 1 unspecified atom stereocenters. The molecule has 0 aliphatic rings. The van der Waals surface area contributed by atoms with E-state index in [1.165, 1.54) is 0 Å². The fraction of sp³-hybridized carbons (Fsp3) is 0.800. The molecule has 20 heavy (non-hydrogen) atoms. The van der Waals surface area contributed by atoms with E-state index in [2.05, 4.69) is 9.05 Å². The maximum atomic E-state index is 11.0. The van der Waals surface area contributed by atoms with Crippen LogP contribution in [0.2, 0.25) is 0 Å². The number of phosphoric ester groups is 2. The first-order valence-electron chi connectivity index (χ1n) is 4.19. The zero-order chi connectivity index (χ0) is 14.6. The first-order chi connectivity index (χ1) is 7.92. The van der Waals surface area contributed by atoms with Gasteiger partial charge in [0.1, 0.15) is 18.8 Å². The molecule has 116 valence electrons. The quantitative estimate of drug-likeness (QED) is 0.204. The molecule has 12 nitrogen and oxygen atoms in total. The Labute approximate surface area is 134 Å². The molecule has 0 aromatic carbocycles. The average Bonchev–Trinajstić information content (AvgIpc) is 2.19. The number of rotatable bonds is 8. The number of aliphatic hydroxyl groups is 2. The minimum Gasteiger partial charge on any atom is -0.756 e. The number of hydrogen-bond acceptors (Lipinski definition) is 8. The molecule has 0 rings (SSSR count). The van der Waals surface area contributed by atoms with Crippen molar-refractivity contribution in [2.75, 3.05) is 13.2 Å². The van der Waals surface area contributed by atoms with Gasteiger partial charge in [0.05, 0.1) is 6.61 Å². The van der Waals surface area contributed by atoms with Crippen LogP contribution in [0.1, 0.15) is 0 Å². The number of Topliss-reactive ketones (excluding diaryl/α,β-unsaturated/α-hetero) is 1. The van der Waals surface area contributed by atoms with Gasteiger partial charge < -0.3 is 39.8 Å². The van der Waals surface area contributed by atoms with Gasteiger partial charge in [-0.15, -0.1) is 0 Å². The summed E-state index contributed by atoms with van der Waals surface area (Å²) in [5, 5.41) is 18.2. The molecule has 0 bridgehead atoms. The SMILES string of the molecule is O.O=C(COP(=O)([O-])O)[C@H](O)[C@H](O)COP(=O)(O)O.[Na+]. The Balaban J connectivity index is -0.00000144. The molecule has 0 saturated carbocycles. The second-order valence-corrected chi connectivity index (χ2v) is 5.44. The molecule has 0 aromatic heterocycles. The molecule has 0 saturated heterocycles. The zero-order valence-electron chi connectivity index (χ0n) is 10.1. The summed E-state index contributed by atoms with van der Waals surface area (Å²) in [4.78, 5) is 45.8. The average molecular weight is 350 g/mol. The number of carbonyl (C=O) groups excluding carboxylic acids is 1. The molecule has 7 N–H and O–H groups in total. The largest absolute Gasteiger partial charge is 1.00 e. The van der Waals surface area contributed by atoms with Crippen LogP contribution in [0.3, 0.4) is 0 Å². The first-order valence-corrected chi connectivity index (χ1v) is 7.22. The smallest absolute Gasteiger partial charge is 0.756 e. The van der Waals surface area contributed by atoms with E-state index < -0.39 is 46.9 Å². The second-order valence-electron chi connectivity index (χ2n) is 3.01. The topological polar surface area (TPSA) is 225 Å². The fourth-order valence-corrected chi connectivity index (χ4v) is 1.35. The molecule has 0 radical (unpaired) electrons. The number of carbonyl (C=O) groups is 1. The van der Waals surface area contributed by atoms with Crippen LogP contribution in [-0.4, -0.2) is 61.6 Å². The van der Waals surface area contributed by atoms with E-state index in [0.29, 0.717) is 0 Å². The van der Waals surface area contributed by atoms with Gasteiger partial charge >= 0.3 is 37.4 Å². The number of ketones is 1. The van der Waals surface area contributed by atoms with Gasteiger partial charge in [0.2, 0.25) is 0 Å². The van der Waals surface area contributed by atoms with Gasteiger partial charge in [0.25, 0.3) is 7.82 Å².